The lowest BCUT2D eigenvalue weighted by molar-refractivity contribution is -0.138. The van der Waals surface area contributed by atoms with Gasteiger partial charge in [0.1, 0.15) is 0 Å². The third kappa shape index (κ3) is 51.5. The number of nitrogens with two attached hydrogens (primary N) is 2. The standard InChI is InChI=1S/C5H8O4.2CH4N4/c6-4(7)2-1-3-5(8)9;2*2-4-1-5-3/h1-3H2,(H,6,7)(H,8,9);2*1-2H,3H2. The third-order valence-corrected chi connectivity index (χ3v) is 1.03. The largest absolute Gasteiger partial charge is 0.481 e. The molecule has 0 aliphatic heterocycles. The van der Waals surface area contributed by atoms with Gasteiger partial charge in [-0.1, -0.05) is 0 Å². The molecule has 0 aliphatic carbocycles. The number of hydrogen-bond acceptors (Lipinski definition) is 8. The molecule has 0 aromatic carbocycles. The van der Waals surface area contributed by atoms with Crippen molar-refractivity contribution in [3.63, 3.8) is 0 Å². The van der Waals surface area contributed by atoms with Gasteiger partial charge in [-0.3, -0.25) is 9.59 Å². The zero-order valence-electron chi connectivity index (χ0n) is 9.93. The number of hydrazone groups is 2. The first-order valence-electron chi connectivity index (χ1n) is 4.56. The molecule has 0 amide bonds. The second kappa shape index (κ2) is 20.5. The van der Waals surface area contributed by atoms with E-state index in [4.69, 9.17) is 21.3 Å². The fourth-order valence-corrected chi connectivity index (χ4v) is 0.458. The molecule has 0 spiro atoms. The number of hydrogen-bond donors (Lipinski definition) is 6. The van der Waals surface area contributed by atoms with Crippen molar-refractivity contribution in [2.24, 2.45) is 32.1 Å². The Labute approximate surface area is 108 Å². The highest BCUT2D eigenvalue weighted by Gasteiger charge is 1.99. The summed E-state index contributed by atoms with van der Waals surface area (Å²) in [5.41, 5.74) is 12.0. The average molecular weight is 276 g/mol. The molecule has 0 aromatic rings. The second-order valence-electron chi connectivity index (χ2n) is 2.43. The number of aliphatic carboxylic acids is 2. The minimum atomic E-state index is -0.948. The van der Waals surface area contributed by atoms with Crippen molar-refractivity contribution in [3.05, 3.63) is 0 Å². The molecule has 0 fully saturated rings. The summed E-state index contributed by atoms with van der Waals surface area (Å²) in [5.74, 6) is 7.09. The Hall–Kier alpha value is -2.92. The van der Waals surface area contributed by atoms with Crippen molar-refractivity contribution in [2.75, 3.05) is 0 Å². The van der Waals surface area contributed by atoms with Crippen molar-refractivity contribution < 1.29 is 19.8 Å². The van der Waals surface area contributed by atoms with Gasteiger partial charge >= 0.3 is 11.9 Å². The molecule has 12 heteroatoms. The summed E-state index contributed by atoms with van der Waals surface area (Å²) in [6, 6.07) is 0. The molecule has 0 aromatic heterocycles. The zero-order chi connectivity index (χ0) is 15.5. The number of carbonyl (C=O) groups is 2. The molecule has 19 heavy (non-hydrogen) atoms. The fourth-order valence-electron chi connectivity index (χ4n) is 0.458. The molecule has 0 unspecified atom stereocenters. The Balaban J connectivity index is -0.000000219. The van der Waals surface area contributed by atoms with E-state index in [1.54, 1.807) is 0 Å². The molecular formula is C7H16N8O4. The van der Waals surface area contributed by atoms with Crippen LogP contribution in [-0.4, -0.2) is 34.8 Å². The first kappa shape index (κ1) is 21.4. The van der Waals surface area contributed by atoms with Gasteiger partial charge < -0.3 is 21.9 Å². The average Bonchev–Trinajstić information content (AvgIpc) is 2.31. The Kier molecular flexibility index (Phi) is 23.0. The highest BCUT2D eigenvalue weighted by molar-refractivity contribution is 5.69. The van der Waals surface area contributed by atoms with Crippen LogP contribution in [-0.2, 0) is 9.59 Å². The zero-order valence-corrected chi connectivity index (χ0v) is 9.93. The molecule has 0 saturated carbocycles. The lowest BCUT2D eigenvalue weighted by atomic mass is 10.2. The molecule has 0 bridgehead atoms. The summed E-state index contributed by atoms with van der Waals surface area (Å²) < 4.78 is 0. The number of nitrogens with one attached hydrogen (secondary N) is 2. The van der Waals surface area contributed by atoms with E-state index in [9.17, 15) is 9.59 Å². The second-order valence-corrected chi connectivity index (χ2v) is 2.43. The van der Waals surface area contributed by atoms with Crippen molar-refractivity contribution in [2.45, 2.75) is 19.3 Å². The van der Waals surface area contributed by atoms with Crippen LogP contribution in [0, 0.1) is 11.1 Å². The van der Waals surface area contributed by atoms with Gasteiger partial charge in [0.25, 0.3) is 0 Å². The third-order valence-electron chi connectivity index (χ3n) is 1.03. The number of carboxylic acid groups (broad SMARTS) is 2. The first-order chi connectivity index (χ1) is 8.95. The molecule has 0 heterocycles. The van der Waals surface area contributed by atoms with Crippen molar-refractivity contribution in [1.29, 1.82) is 11.1 Å². The molecule has 12 nitrogen and oxygen atoms in total. The lowest BCUT2D eigenvalue weighted by Gasteiger charge is -1.89. The Morgan fingerprint density at radius 1 is 0.947 bits per heavy atom. The summed E-state index contributed by atoms with van der Waals surface area (Å²) >= 11 is 0. The maximum absolute atomic E-state index is 9.79. The van der Waals surface area contributed by atoms with E-state index in [-0.39, 0.29) is 19.3 Å². The van der Waals surface area contributed by atoms with E-state index in [2.05, 4.69) is 32.1 Å². The molecule has 0 radical (unpaired) electrons. The van der Waals surface area contributed by atoms with Gasteiger partial charge in [0.15, 0.2) is 12.7 Å². The summed E-state index contributed by atoms with van der Waals surface area (Å²) in [7, 11) is 0. The summed E-state index contributed by atoms with van der Waals surface area (Å²) in [4.78, 5) is 19.6. The number of carboxylic acids is 2. The van der Waals surface area contributed by atoms with E-state index >= 15 is 0 Å². The van der Waals surface area contributed by atoms with Crippen molar-refractivity contribution in [3.8, 4) is 0 Å². The molecule has 0 rings (SSSR count). The Bertz CT molecular complexity index is 286. The minimum Gasteiger partial charge on any atom is -0.481 e. The predicted octanol–water partition coefficient (Wildman–Crippen LogP) is 0.165. The van der Waals surface area contributed by atoms with E-state index in [0.717, 1.165) is 12.7 Å². The van der Waals surface area contributed by atoms with E-state index in [1.165, 1.54) is 0 Å². The topological polar surface area (TPSA) is 224 Å². The van der Waals surface area contributed by atoms with E-state index in [0.29, 0.717) is 0 Å². The number of nitrogens with zero attached hydrogens (tertiary/aromatic N) is 4. The molecule has 0 aliphatic rings. The predicted molar refractivity (Wildman–Crippen MR) is 64.8 cm³/mol. The molecule has 108 valence electrons. The summed E-state index contributed by atoms with van der Waals surface area (Å²) in [6.45, 7) is 0. The van der Waals surface area contributed by atoms with Crippen LogP contribution < -0.4 is 11.7 Å². The monoisotopic (exact) mass is 276 g/mol. The highest BCUT2D eigenvalue weighted by atomic mass is 16.4. The van der Waals surface area contributed by atoms with Gasteiger partial charge in [-0.2, -0.15) is 10.2 Å². The van der Waals surface area contributed by atoms with Crippen molar-refractivity contribution >= 4 is 24.6 Å². The van der Waals surface area contributed by atoms with Gasteiger partial charge in [0, 0.05) is 12.8 Å². The van der Waals surface area contributed by atoms with E-state index < -0.39 is 11.9 Å². The van der Waals surface area contributed by atoms with Crippen LogP contribution in [0.5, 0.6) is 0 Å². The van der Waals surface area contributed by atoms with Gasteiger partial charge in [-0.05, 0) is 6.42 Å². The van der Waals surface area contributed by atoms with Gasteiger partial charge in [0.05, 0.1) is 0 Å². The minimum absolute atomic E-state index is 0.0632. The Morgan fingerprint density at radius 3 is 1.37 bits per heavy atom. The van der Waals surface area contributed by atoms with Crippen LogP contribution in [0.4, 0.5) is 0 Å². The normalized spacial score (nSPS) is 8.84. The molecule has 8 N–H and O–H groups in total. The van der Waals surface area contributed by atoms with Crippen molar-refractivity contribution in [1.82, 2.24) is 0 Å². The quantitative estimate of drug-likeness (QED) is 0.130. The first-order valence-corrected chi connectivity index (χ1v) is 4.56. The summed E-state index contributed by atoms with van der Waals surface area (Å²) in [5, 5.41) is 27.2. The summed E-state index contributed by atoms with van der Waals surface area (Å²) in [6.07, 6.45) is 1.98. The van der Waals surface area contributed by atoms with Crippen LogP contribution in [0.15, 0.2) is 20.4 Å². The number of rotatable bonds is 6. The maximum Gasteiger partial charge on any atom is 0.303 e. The maximum atomic E-state index is 9.79. The smallest absolute Gasteiger partial charge is 0.303 e. The Morgan fingerprint density at radius 2 is 1.26 bits per heavy atom. The van der Waals surface area contributed by atoms with Crippen LogP contribution in [0.3, 0.4) is 0 Å². The highest BCUT2D eigenvalue weighted by Crippen LogP contribution is 1.93. The van der Waals surface area contributed by atoms with Crippen LogP contribution in [0.25, 0.3) is 0 Å². The van der Waals surface area contributed by atoms with Crippen LogP contribution in [0.2, 0.25) is 0 Å². The molecule has 0 saturated heterocycles. The van der Waals surface area contributed by atoms with Crippen LogP contribution >= 0.6 is 0 Å². The molecular weight excluding hydrogens is 260 g/mol. The van der Waals surface area contributed by atoms with Gasteiger partial charge in [-0.15, -0.1) is 10.2 Å². The van der Waals surface area contributed by atoms with Crippen LogP contribution in [0.1, 0.15) is 19.3 Å². The fraction of sp³-hybridized carbons (Fsp3) is 0.429. The SMILES string of the molecule is N=NC=NN.N=NC=NN.O=C(O)CCCC(=O)O. The lowest BCUT2D eigenvalue weighted by Crippen LogP contribution is -1.98. The van der Waals surface area contributed by atoms with Gasteiger partial charge in [-0.25, -0.2) is 11.1 Å². The van der Waals surface area contributed by atoms with Gasteiger partial charge in [0.2, 0.25) is 0 Å². The van der Waals surface area contributed by atoms with E-state index in [1.807, 2.05) is 0 Å². The molecule has 0 atom stereocenters.